The van der Waals surface area contributed by atoms with E-state index in [4.69, 9.17) is 10.7 Å². The summed E-state index contributed by atoms with van der Waals surface area (Å²) in [6.07, 6.45) is 15.6. The first-order valence-corrected chi connectivity index (χ1v) is 20.7. The van der Waals surface area contributed by atoms with Crippen LogP contribution >= 0.6 is 0 Å². The van der Waals surface area contributed by atoms with E-state index in [1.165, 1.54) is 54.8 Å². The van der Waals surface area contributed by atoms with Crippen LogP contribution in [0.2, 0.25) is 0 Å². The Morgan fingerprint density at radius 1 is 0.733 bits per heavy atom. The standard InChI is InChI=1S/C55H47N5/c1-5-38(31-43(35-56)39-14-7-6-8-15-39)40-16-13-17-44(32-40)55(4)26-27-57-54(58-55)60-51-21-12-10-19-47(51)49-34-42(23-25-53(49)60)41-22-24-52-48(33-41)46-18-9-11-20-50(46)59(52)45-29-36(2)28-37(3)30-45/h5-22,24-35,42H,1,23,56H2,2-4H3,(H,57,58)/b38-31+,43-35+. The number of nitrogens with two attached hydrogens (primary N) is 1. The predicted molar refractivity (Wildman–Crippen MR) is 253 cm³/mol. The number of aliphatic imine (C=N–C) groups is 1. The maximum absolute atomic E-state index is 6.12. The molecule has 0 saturated heterocycles. The monoisotopic (exact) mass is 777 g/mol. The molecule has 10 rings (SSSR count). The van der Waals surface area contributed by atoms with Gasteiger partial charge in [-0.15, -0.1) is 0 Å². The van der Waals surface area contributed by atoms with Gasteiger partial charge < -0.3 is 15.6 Å². The van der Waals surface area contributed by atoms with Crippen molar-refractivity contribution >= 4 is 62.0 Å². The van der Waals surface area contributed by atoms with Gasteiger partial charge in [-0.25, -0.2) is 4.99 Å². The lowest BCUT2D eigenvalue weighted by Crippen LogP contribution is -2.43. The minimum Gasteiger partial charge on any atom is -0.404 e. The Morgan fingerprint density at radius 2 is 1.43 bits per heavy atom. The third-order valence-corrected chi connectivity index (χ3v) is 12.2. The van der Waals surface area contributed by atoms with E-state index in [1.54, 1.807) is 6.20 Å². The lowest BCUT2D eigenvalue weighted by Gasteiger charge is -2.28. The molecule has 0 amide bonds. The van der Waals surface area contributed by atoms with Gasteiger partial charge in [0.1, 0.15) is 5.54 Å². The van der Waals surface area contributed by atoms with E-state index in [0.29, 0.717) is 0 Å². The number of fused-ring (bicyclic) bond motifs is 6. The Morgan fingerprint density at radius 3 is 2.20 bits per heavy atom. The van der Waals surface area contributed by atoms with Gasteiger partial charge in [-0.1, -0.05) is 122 Å². The zero-order chi connectivity index (χ0) is 41.0. The molecule has 3 N–H and O–H groups in total. The molecule has 0 spiro atoms. The Hall–Kier alpha value is -7.37. The van der Waals surface area contributed by atoms with E-state index in [2.05, 4.69) is 187 Å². The summed E-state index contributed by atoms with van der Waals surface area (Å²) in [4.78, 5) is 5.48. The maximum Gasteiger partial charge on any atom is 0.208 e. The number of aryl methyl sites for hydroxylation is 2. The molecule has 1 aliphatic heterocycles. The number of nitrogens with one attached hydrogen (secondary N) is 1. The van der Waals surface area contributed by atoms with Gasteiger partial charge in [0.2, 0.25) is 5.96 Å². The molecule has 8 aromatic rings. The van der Waals surface area contributed by atoms with Crippen LogP contribution in [0.25, 0.3) is 61.7 Å². The van der Waals surface area contributed by atoms with Gasteiger partial charge in [0.15, 0.2) is 0 Å². The molecule has 2 atom stereocenters. The lowest BCUT2D eigenvalue weighted by molar-refractivity contribution is 0.611. The fourth-order valence-electron chi connectivity index (χ4n) is 9.35. The average molecular weight is 778 g/mol. The highest BCUT2D eigenvalue weighted by Gasteiger charge is 2.29. The van der Waals surface area contributed by atoms with E-state index in [-0.39, 0.29) is 5.92 Å². The molecule has 2 aromatic heterocycles. The first kappa shape index (κ1) is 36.9. The molecule has 0 bridgehead atoms. The van der Waals surface area contributed by atoms with E-state index in [0.717, 1.165) is 51.1 Å². The fraction of sp³-hybridized carbons (Fsp3) is 0.109. The zero-order valence-electron chi connectivity index (χ0n) is 34.2. The summed E-state index contributed by atoms with van der Waals surface area (Å²) in [5.74, 6) is 1.02. The average Bonchev–Trinajstić information content (AvgIpc) is 3.79. The number of aromatic nitrogens is 2. The minimum atomic E-state index is -0.625. The van der Waals surface area contributed by atoms with Crippen LogP contribution in [0.3, 0.4) is 0 Å². The maximum atomic E-state index is 6.12. The topological polar surface area (TPSA) is 60.3 Å². The van der Waals surface area contributed by atoms with Crippen molar-refractivity contribution < 1.29 is 0 Å². The number of benzene rings is 6. The third kappa shape index (κ3) is 6.31. The Kier molecular flexibility index (Phi) is 9.10. The van der Waals surface area contributed by atoms with Crippen molar-refractivity contribution in [2.45, 2.75) is 38.6 Å². The van der Waals surface area contributed by atoms with Crippen LogP contribution in [0, 0.1) is 13.8 Å². The number of hydrogen-bond acceptors (Lipinski definition) is 3. The molecule has 2 aliphatic rings. The molecule has 3 heterocycles. The van der Waals surface area contributed by atoms with Crippen molar-refractivity contribution in [1.29, 1.82) is 0 Å². The number of allylic oxidation sites excluding steroid dienone is 4. The summed E-state index contributed by atoms with van der Waals surface area (Å²) in [6, 6.07) is 50.2. The molecule has 0 radical (unpaired) electrons. The molecule has 5 heteroatoms. The van der Waals surface area contributed by atoms with Gasteiger partial charge in [0.05, 0.1) is 21.9 Å². The number of hydrogen-bond donors (Lipinski definition) is 2. The first-order valence-electron chi connectivity index (χ1n) is 20.7. The number of rotatable bonds is 7. The van der Waals surface area contributed by atoms with Crippen LogP contribution in [0.1, 0.15) is 52.6 Å². The molecule has 5 nitrogen and oxygen atoms in total. The highest BCUT2D eigenvalue weighted by atomic mass is 15.2. The molecule has 2 unspecified atom stereocenters. The highest BCUT2D eigenvalue weighted by molar-refractivity contribution is 6.09. The van der Waals surface area contributed by atoms with Crippen molar-refractivity contribution in [2.75, 3.05) is 0 Å². The lowest BCUT2D eigenvalue weighted by atomic mass is 9.89. The summed E-state index contributed by atoms with van der Waals surface area (Å²) in [5, 5.41) is 9.71. The SMILES string of the molecule is C=C/C(=C\C(=C/N)c1ccccc1)c1cccc(C2(C)C=CNC(n3c4c(c5ccccc53)=CC(c3ccc5c(c3)c3ccccc3n5-c3cc(C)cc(C)c3)CC=4)=N2)c1. The molecule has 0 fully saturated rings. The van der Waals surface area contributed by atoms with Gasteiger partial charge in [0, 0.05) is 45.4 Å². The number of para-hydroxylation sites is 2. The van der Waals surface area contributed by atoms with Crippen molar-refractivity contribution in [3.8, 4) is 5.69 Å². The van der Waals surface area contributed by atoms with Crippen LogP contribution in [0.5, 0.6) is 0 Å². The molecular formula is C55H47N5. The smallest absolute Gasteiger partial charge is 0.208 e. The molecule has 0 saturated carbocycles. The first-order chi connectivity index (χ1) is 29.3. The van der Waals surface area contributed by atoms with Crippen LogP contribution < -0.4 is 21.6 Å². The second kappa shape index (κ2) is 14.8. The van der Waals surface area contributed by atoms with Gasteiger partial charge in [-0.2, -0.15) is 0 Å². The van der Waals surface area contributed by atoms with E-state index < -0.39 is 5.54 Å². The Labute approximate surface area is 350 Å². The van der Waals surface area contributed by atoms with E-state index >= 15 is 0 Å². The zero-order valence-corrected chi connectivity index (χ0v) is 34.2. The third-order valence-electron chi connectivity index (χ3n) is 12.2. The van der Waals surface area contributed by atoms with Crippen molar-refractivity contribution in [2.24, 2.45) is 10.7 Å². The van der Waals surface area contributed by atoms with Crippen LogP contribution in [-0.4, -0.2) is 15.1 Å². The minimum absolute atomic E-state index is 0.224. The molecular weight excluding hydrogens is 731 g/mol. The second-order valence-corrected chi connectivity index (χ2v) is 16.3. The van der Waals surface area contributed by atoms with Gasteiger partial charge in [-0.05, 0) is 126 Å². The van der Waals surface area contributed by atoms with Crippen LogP contribution in [0.15, 0.2) is 182 Å². The summed E-state index contributed by atoms with van der Waals surface area (Å²) >= 11 is 0. The second-order valence-electron chi connectivity index (χ2n) is 16.3. The highest BCUT2D eigenvalue weighted by Crippen LogP contribution is 2.37. The fourth-order valence-corrected chi connectivity index (χ4v) is 9.35. The summed E-state index contributed by atoms with van der Waals surface area (Å²) in [6.45, 7) is 10.7. The van der Waals surface area contributed by atoms with Crippen molar-refractivity contribution in [3.05, 3.63) is 221 Å². The van der Waals surface area contributed by atoms with Crippen molar-refractivity contribution in [1.82, 2.24) is 14.5 Å². The summed E-state index contributed by atoms with van der Waals surface area (Å²) in [7, 11) is 0. The predicted octanol–water partition coefficient (Wildman–Crippen LogP) is 10.9. The molecule has 1 aliphatic carbocycles. The number of nitrogens with zero attached hydrogens (tertiary/aromatic N) is 3. The Bertz CT molecular complexity index is 3260. The molecule has 292 valence electrons. The largest absolute Gasteiger partial charge is 0.404 e. The normalized spacial score (nSPS) is 17.9. The van der Waals surface area contributed by atoms with Crippen LogP contribution in [0.4, 0.5) is 0 Å². The quantitative estimate of drug-likeness (QED) is 0.158. The van der Waals surface area contributed by atoms with Crippen LogP contribution in [-0.2, 0) is 5.54 Å². The van der Waals surface area contributed by atoms with Crippen molar-refractivity contribution in [3.63, 3.8) is 0 Å². The van der Waals surface area contributed by atoms with E-state index in [1.807, 2.05) is 30.5 Å². The Balaban J connectivity index is 1.04. The molecule has 6 aromatic carbocycles. The van der Waals surface area contributed by atoms with Gasteiger partial charge in [-0.3, -0.25) is 4.57 Å². The molecule has 60 heavy (non-hydrogen) atoms. The van der Waals surface area contributed by atoms with Gasteiger partial charge in [0.25, 0.3) is 0 Å². The summed E-state index contributed by atoms with van der Waals surface area (Å²) < 4.78 is 4.72. The van der Waals surface area contributed by atoms with E-state index in [9.17, 15) is 0 Å². The summed E-state index contributed by atoms with van der Waals surface area (Å²) in [5.41, 5.74) is 19.2. The van der Waals surface area contributed by atoms with Gasteiger partial charge >= 0.3 is 0 Å².